The molecule has 2 aromatic rings. The van der Waals surface area contributed by atoms with Crippen molar-refractivity contribution in [3.63, 3.8) is 0 Å². The summed E-state index contributed by atoms with van der Waals surface area (Å²) in [6, 6.07) is 6.47. The number of β-amino-alcohol motifs (C(OH)–C–C–N with tert-alkyl or cyclic N) is 1. The minimum Gasteiger partial charge on any atom is -0.424 e. The van der Waals surface area contributed by atoms with E-state index in [0.717, 1.165) is 5.56 Å². The Labute approximate surface area is 122 Å². The molecule has 1 aliphatic rings. The summed E-state index contributed by atoms with van der Waals surface area (Å²) in [7, 11) is 0. The van der Waals surface area contributed by atoms with Gasteiger partial charge in [0.1, 0.15) is 5.82 Å². The number of rotatable bonds is 4. The SMILES string of the molecule is CCc1nnc(CN2C[C@@H](O)C[C@H]2c2cccc(F)c2)o1. The van der Waals surface area contributed by atoms with Gasteiger partial charge in [0.15, 0.2) is 0 Å². The van der Waals surface area contributed by atoms with Crippen LogP contribution in [0.3, 0.4) is 0 Å². The lowest BCUT2D eigenvalue weighted by molar-refractivity contribution is 0.167. The highest BCUT2D eigenvalue weighted by Crippen LogP contribution is 2.33. The Bertz CT molecular complexity index is 616. The quantitative estimate of drug-likeness (QED) is 0.934. The molecule has 112 valence electrons. The first-order valence-electron chi connectivity index (χ1n) is 7.14. The lowest BCUT2D eigenvalue weighted by atomic mass is 10.0. The summed E-state index contributed by atoms with van der Waals surface area (Å²) in [4.78, 5) is 2.05. The highest BCUT2D eigenvalue weighted by molar-refractivity contribution is 5.21. The number of nitrogens with zero attached hydrogens (tertiary/aromatic N) is 3. The molecular weight excluding hydrogens is 273 g/mol. The number of halogens is 1. The summed E-state index contributed by atoms with van der Waals surface area (Å²) in [6.45, 7) is 2.93. The van der Waals surface area contributed by atoms with Crippen LogP contribution in [0.25, 0.3) is 0 Å². The minimum absolute atomic E-state index is 0.0346. The van der Waals surface area contributed by atoms with Gasteiger partial charge in [0, 0.05) is 19.0 Å². The molecule has 0 unspecified atom stereocenters. The molecule has 3 rings (SSSR count). The number of benzene rings is 1. The highest BCUT2D eigenvalue weighted by Gasteiger charge is 2.33. The van der Waals surface area contributed by atoms with Gasteiger partial charge in [-0.2, -0.15) is 0 Å². The molecule has 0 spiro atoms. The van der Waals surface area contributed by atoms with Crippen molar-refractivity contribution >= 4 is 0 Å². The molecule has 21 heavy (non-hydrogen) atoms. The molecule has 2 atom stereocenters. The number of aliphatic hydroxyl groups excluding tert-OH is 1. The van der Waals surface area contributed by atoms with Crippen LogP contribution in [0.4, 0.5) is 4.39 Å². The van der Waals surface area contributed by atoms with Crippen LogP contribution in [-0.2, 0) is 13.0 Å². The fourth-order valence-corrected chi connectivity index (χ4v) is 2.78. The summed E-state index contributed by atoms with van der Waals surface area (Å²) in [5, 5.41) is 17.9. The average molecular weight is 291 g/mol. The first-order chi connectivity index (χ1) is 10.2. The van der Waals surface area contributed by atoms with Gasteiger partial charge in [0.2, 0.25) is 11.8 Å². The molecule has 0 bridgehead atoms. The lowest BCUT2D eigenvalue weighted by Gasteiger charge is -2.22. The van der Waals surface area contributed by atoms with E-state index in [2.05, 4.69) is 10.2 Å². The van der Waals surface area contributed by atoms with Crippen molar-refractivity contribution < 1.29 is 13.9 Å². The van der Waals surface area contributed by atoms with Crippen LogP contribution in [0.15, 0.2) is 28.7 Å². The number of likely N-dealkylation sites (tertiary alicyclic amines) is 1. The Kier molecular flexibility index (Phi) is 3.98. The van der Waals surface area contributed by atoms with E-state index >= 15 is 0 Å². The Morgan fingerprint density at radius 2 is 2.19 bits per heavy atom. The van der Waals surface area contributed by atoms with Gasteiger partial charge in [0.05, 0.1) is 12.6 Å². The van der Waals surface area contributed by atoms with Crippen molar-refractivity contribution in [2.75, 3.05) is 6.54 Å². The van der Waals surface area contributed by atoms with E-state index in [1.165, 1.54) is 12.1 Å². The third kappa shape index (κ3) is 3.11. The molecule has 0 aliphatic carbocycles. The zero-order valence-electron chi connectivity index (χ0n) is 11.9. The third-order valence-corrected chi connectivity index (χ3v) is 3.76. The minimum atomic E-state index is -0.424. The highest BCUT2D eigenvalue weighted by atomic mass is 19.1. The smallest absolute Gasteiger partial charge is 0.230 e. The number of hydrogen-bond donors (Lipinski definition) is 1. The largest absolute Gasteiger partial charge is 0.424 e. The fraction of sp³-hybridized carbons (Fsp3) is 0.467. The molecular formula is C15H18FN3O2. The van der Waals surface area contributed by atoms with E-state index in [0.29, 0.717) is 37.7 Å². The summed E-state index contributed by atoms with van der Waals surface area (Å²) < 4.78 is 18.9. The summed E-state index contributed by atoms with van der Waals surface area (Å²) in [6.07, 6.45) is 0.855. The molecule has 0 saturated carbocycles. The number of hydrogen-bond acceptors (Lipinski definition) is 5. The van der Waals surface area contributed by atoms with Crippen LogP contribution in [0, 0.1) is 5.82 Å². The maximum atomic E-state index is 13.4. The van der Waals surface area contributed by atoms with Crippen molar-refractivity contribution in [2.24, 2.45) is 0 Å². The van der Waals surface area contributed by atoms with Crippen LogP contribution in [-0.4, -0.2) is 32.9 Å². The number of aromatic nitrogens is 2. The normalized spacial score (nSPS) is 22.8. The fourth-order valence-electron chi connectivity index (χ4n) is 2.78. The molecule has 0 amide bonds. The maximum absolute atomic E-state index is 13.4. The summed E-state index contributed by atoms with van der Waals surface area (Å²) in [5.74, 6) is 0.870. The van der Waals surface area contributed by atoms with Gasteiger partial charge in [-0.3, -0.25) is 4.90 Å². The molecule has 1 N–H and O–H groups in total. The van der Waals surface area contributed by atoms with E-state index < -0.39 is 6.10 Å². The third-order valence-electron chi connectivity index (χ3n) is 3.76. The van der Waals surface area contributed by atoms with E-state index in [1.807, 2.05) is 17.9 Å². The summed E-state index contributed by atoms with van der Waals surface area (Å²) in [5.41, 5.74) is 0.863. The first kappa shape index (κ1) is 14.2. The maximum Gasteiger partial charge on any atom is 0.230 e. The van der Waals surface area contributed by atoms with E-state index in [4.69, 9.17) is 4.42 Å². The van der Waals surface area contributed by atoms with Gasteiger partial charge in [-0.15, -0.1) is 10.2 Å². The van der Waals surface area contributed by atoms with Crippen LogP contribution < -0.4 is 0 Å². The van der Waals surface area contributed by atoms with Crippen molar-refractivity contribution in [3.8, 4) is 0 Å². The Morgan fingerprint density at radius 3 is 2.90 bits per heavy atom. The molecule has 1 aromatic carbocycles. The van der Waals surface area contributed by atoms with Gasteiger partial charge in [-0.1, -0.05) is 19.1 Å². The van der Waals surface area contributed by atoms with Crippen LogP contribution in [0.1, 0.15) is 36.7 Å². The van der Waals surface area contributed by atoms with Gasteiger partial charge < -0.3 is 9.52 Å². The Morgan fingerprint density at radius 1 is 1.38 bits per heavy atom. The number of aliphatic hydroxyl groups is 1. The molecule has 1 fully saturated rings. The number of aryl methyl sites for hydroxylation is 1. The predicted molar refractivity (Wildman–Crippen MR) is 73.9 cm³/mol. The average Bonchev–Trinajstić information content (AvgIpc) is 3.06. The second kappa shape index (κ2) is 5.91. The van der Waals surface area contributed by atoms with Crippen molar-refractivity contribution in [1.29, 1.82) is 0 Å². The van der Waals surface area contributed by atoms with E-state index in [-0.39, 0.29) is 11.9 Å². The summed E-state index contributed by atoms with van der Waals surface area (Å²) >= 11 is 0. The standard InChI is InChI=1S/C15H18FN3O2/c1-2-14-17-18-15(21-14)9-19-8-12(20)7-13(19)10-4-3-5-11(16)6-10/h3-6,12-13,20H,2,7-9H2,1H3/t12-,13-/m0/s1. The van der Waals surface area contributed by atoms with Crippen molar-refractivity contribution in [1.82, 2.24) is 15.1 Å². The van der Waals surface area contributed by atoms with E-state index in [1.54, 1.807) is 6.07 Å². The molecule has 1 aliphatic heterocycles. The van der Waals surface area contributed by atoms with Crippen LogP contribution >= 0.6 is 0 Å². The Hall–Kier alpha value is -1.79. The van der Waals surface area contributed by atoms with Gasteiger partial charge in [-0.05, 0) is 24.1 Å². The molecule has 6 heteroatoms. The molecule has 1 aromatic heterocycles. The van der Waals surface area contributed by atoms with Crippen LogP contribution in [0.5, 0.6) is 0 Å². The molecule has 5 nitrogen and oxygen atoms in total. The van der Waals surface area contributed by atoms with Crippen molar-refractivity contribution in [3.05, 3.63) is 47.4 Å². The van der Waals surface area contributed by atoms with E-state index in [9.17, 15) is 9.50 Å². The zero-order valence-corrected chi connectivity index (χ0v) is 11.9. The Balaban J connectivity index is 1.79. The zero-order chi connectivity index (χ0) is 14.8. The van der Waals surface area contributed by atoms with Gasteiger partial charge >= 0.3 is 0 Å². The molecule has 2 heterocycles. The second-order valence-corrected chi connectivity index (χ2v) is 5.33. The van der Waals surface area contributed by atoms with Gasteiger partial charge in [-0.25, -0.2) is 4.39 Å². The molecule has 1 saturated heterocycles. The van der Waals surface area contributed by atoms with Crippen molar-refractivity contribution in [2.45, 2.75) is 38.5 Å². The topological polar surface area (TPSA) is 62.4 Å². The monoisotopic (exact) mass is 291 g/mol. The van der Waals surface area contributed by atoms with Crippen LogP contribution in [0.2, 0.25) is 0 Å². The second-order valence-electron chi connectivity index (χ2n) is 5.33. The predicted octanol–water partition coefficient (Wildman–Crippen LogP) is 2.08. The molecule has 0 radical (unpaired) electrons. The first-order valence-corrected chi connectivity index (χ1v) is 7.14. The van der Waals surface area contributed by atoms with Gasteiger partial charge in [0.25, 0.3) is 0 Å². The lowest BCUT2D eigenvalue weighted by Crippen LogP contribution is -2.24.